The van der Waals surface area contributed by atoms with Crippen molar-refractivity contribution in [2.75, 3.05) is 14.2 Å². The Kier molecular flexibility index (Phi) is 17.1. The van der Waals surface area contributed by atoms with Crippen molar-refractivity contribution in [1.82, 2.24) is 9.80 Å². The lowest BCUT2D eigenvalue weighted by Crippen LogP contribution is -2.43. The number of phenols is 6. The lowest BCUT2D eigenvalue weighted by atomic mass is 9.81. The van der Waals surface area contributed by atoms with Crippen molar-refractivity contribution in [1.29, 1.82) is 0 Å². The minimum Gasteiger partial charge on any atom is -0.508 e. The second kappa shape index (κ2) is 22.8. The van der Waals surface area contributed by atoms with Crippen LogP contribution in [0.25, 0.3) is 0 Å². The van der Waals surface area contributed by atoms with Gasteiger partial charge in [-0.25, -0.2) is 0 Å². The summed E-state index contributed by atoms with van der Waals surface area (Å²) in [5, 5.41) is 71.5. The highest BCUT2D eigenvalue weighted by atomic mass is 16.5. The molecular formula is C66H82N2O10. The van der Waals surface area contributed by atoms with Crippen molar-refractivity contribution in [3.05, 3.63) is 175 Å². The van der Waals surface area contributed by atoms with Crippen LogP contribution in [-0.2, 0) is 92.6 Å². The molecule has 2 atom stereocenters. The largest absolute Gasteiger partial charge is 0.508 e. The number of aromatic hydroxyl groups is 6. The standard InChI is InChI=1S/C66H82N2O10/c1-63(2,3)49-27-41-25-42-28-50(64(4,5)6)33-47(58(42)72)37-68(56(62(76)78-14)24-40-17-21-54(70)22-18-40)38-48-34-52(66(10,11)12)30-44(60(48)74)26-43-29-51(65(7,8)9)32-46(59(43)73)36-67(35-45(31-49)57(41)71)55(61(75)77-13)23-39-15-19-53(69)20-16-39/h15-22,27-34,55-56,69-74H,23-26,35-38H2,1-14H3/t55-,56-/m1/s1. The van der Waals surface area contributed by atoms with Gasteiger partial charge < -0.3 is 40.1 Å². The van der Waals surface area contributed by atoms with Gasteiger partial charge in [0.05, 0.1) is 14.2 Å². The van der Waals surface area contributed by atoms with Crippen molar-refractivity contribution in [2.45, 2.75) is 169 Å². The average Bonchev–Trinajstić information content (AvgIpc) is 3.35. The monoisotopic (exact) mass is 1060 g/mol. The molecule has 8 bridgehead atoms. The first kappa shape index (κ1) is 58.7. The molecule has 0 fully saturated rings. The summed E-state index contributed by atoms with van der Waals surface area (Å²) < 4.78 is 11.1. The van der Waals surface area contributed by atoms with Crippen LogP contribution in [0.3, 0.4) is 0 Å². The first-order chi connectivity index (χ1) is 36.3. The maximum atomic E-state index is 14.3. The van der Waals surface area contributed by atoms with Gasteiger partial charge in [0.15, 0.2) is 0 Å². The Bertz CT molecular complexity index is 2800. The Morgan fingerprint density at radius 2 is 0.615 bits per heavy atom. The highest BCUT2D eigenvalue weighted by Gasteiger charge is 2.35. The molecule has 0 aromatic heterocycles. The van der Waals surface area contributed by atoms with Crippen molar-refractivity contribution in [3.63, 3.8) is 0 Å². The van der Waals surface area contributed by atoms with Gasteiger partial charge in [-0.05, 0) is 114 Å². The molecule has 6 aromatic carbocycles. The Hall–Kier alpha value is -7.02. The van der Waals surface area contributed by atoms with Gasteiger partial charge in [0.1, 0.15) is 46.6 Å². The third-order valence-electron chi connectivity index (χ3n) is 15.3. The number of hydrogen-bond acceptors (Lipinski definition) is 12. The number of nitrogens with zero attached hydrogens (tertiary/aromatic N) is 2. The predicted octanol–water partition coefficient (Wildman–Crippen LogP) is 12.2. The average molecular weight is 1060 g/mol. The smallest absolute Gasteiger partial charge is 0.323 e. The Morgan fingerprint density at radius 3 is 0.821 bits per heavy atom. The molecule has 0 radical (unpaired) electrons. The van der Waals surface area contributed by atoms with Crippen LogP contribution in [0.4, 0.5) is 0 Å². The van der Waals surface area contributed by atoms with Gasteiger partial charge in [-0.15, -0.1) is 0 Å². The Balaban J connectivity index is 1.57. The molecule has 12 nitrogen and oxygen atoms in total. The number of fused-ring (bicyclic) bond motifs is 8. The summed E-state index contributed by atoms with van der Waals surface area (Å²) in [5.74, 6) is -0.977. The molecule has 0 unspecified atom stereocenters. The number of benzene rings is 6. The third-order valence-corrected chi connectivity index (χ3v) is 15.3. The zero-order chi connectivity index (χ0) is 57.4. The van der Waals surface area contributed by atoms with Gasteiger partial charge in [0, 0.05) is 61.3 Å². The van der Waals surface area contributed by atoms with Crippen molar-refractivity contribution < 1.29 is 49.7 Å². The number of carbonyl (C=O) groups excluding carboxylic acids is 2. The second-order valence-corrected chi connectivity index (χ2v) is 25.6. The third kappa shape index (κ3) is 13.6. The number of rotatable bonds is 8. The first-order valence-corrected chi connectivity index (χ1v) is 26.9. The summed E-state index contributed by atoms with van der Waals surface area (Å²) in [5.41, 5.74) is 7.67. The molecule has 1 aliphatic heterocycles. The van der Waals surface area contributed by atoms with Gasteiger partial charge in [-0.1, -0.05) is 156 Å². The molecule has 1 heterocycles. The number of phenolic OH excluding ortho intramolecular Hbond substituents is 6. The fourth-order valence-corrected chi connectivity index (χ4v) is 10.3. The lowest BCUT2D eigenvalue weighted by Gasteiger charge is -2.33. The summed E-state index contributed by atoms with van der Waals surface area (Å²) >= 11 is 0. The molecule has 0 amide bonds. The Labute approximate surface area is 461 Å². The van der Waals surface area contributed by atoms with E-state index in [2.05, 4.69) is 83.1 Å². The van der Waals surface area contributed by atoms with Gasteiger partial charge in [-0.2, -0.15) is 0 Å². The molecule has 6 aromatic rings. The van der Waals surface area contributed by atoms with Crippen LogP contribution in [0.1, 0.15) is 161 Å². The topological polar surface area (TPSA) is 180 Å². The van der Waals surface area contributed by atoms with E-state index in [0.29, 0.717) is 44.5 Å². The van der Waals surface area contributed by atoms with Gasteiger partial charge in [0.25, 0.3) is 0 Å². The van der Waals surface area contributed by atoms with Gasteiger partial charge in [-0.3, -0.25) is 19.4 Å². The number of ether oxygens (including phenoxy) is 2. The van der Waals surface area contributed by atoms with E-state index in [0.717, 1.165) is 33.4 Å². The van der Waals surface area contributed by atoms with E-state index < -0.39 is 45.7 Å². The fourth-order valence-electron chi connectivity index (χ4n) is 10.3. The van der Waals surface area contributed by atoms with E-state index in [-0.39, 0.29) is 86.4 Å². The zero-order valence-corrected chi connectivity index (χ0v) is 48.3. The summed E-state index contributed by atoms with van der Waals surface area (Å²) in [6.07, 6.45) is 0.536. The summed E-state index contributed by atoms with van der Waals surface area (Å²) in [4.78, 5) is 32.5. The van der Waals surface area contributed by atoms with Crippen LogP contribution in [0.2, 0.25) is 0 Å². The second-order valence-electron chi connectivity index (χ2n) is 25.6. The van der Waals surface area contributed by atoms with Crippen molar-refractivity contribution in [2.24, 2.45) is 0 Å². The van der Waals surface area contributed by atoms with Crippen LogP contribution in [-0.4, -0.2) is 78.7 Å². The van der Waals surface area contributed by atoms with Crippen LogP contribution in [0, 0.1) is 0 Å². The molecule has 0 saturated carbocycles. The number of carbonyl (C=O) groups is 2. The maximum absolute atomic E-state index is 14.3. The molecule has 1 aliphatic rings. The van der Waals surface area contributed by atoms with E-state index in [4.69, 9.17) is 9.47 Å². The molecule has 0 spiro atoms. The van der Waals surface area contributed by atoms with Crippen LogP contribution in [0.15, 0.2) is 97.1 Å². The van der Waals surface area contributed by atoms with E-state index in [9.17, 15) is 40.2 Å². The van der Waals surface area contributed by atoms with Crippen LogP contribution < -0.4 is 0 Å². The summed E-state index contributed by atoms with van der Waals surface area (Å²) in [6.45, 7) is 25.2. The van der Waals surface area contributed by atoms with Crippen LogP contribution >= 0.6 is 0 Å². The molecular weight excluding hydrogens is 981 g/mol. The lowest BCUT2D eigenvalue weighted by molar-refractivity contribution is -0.148. The molecule has 416 valence electrons. The first-order valence-electron chi connectivity index (χ1n) is 26.9. The molecule has 0 saturated heterocycles. The van der Waals surface area contributed by atoms with Crippen LogP contribution in [0.5, 0.6) is 34.5 Å². The molecule has 6 N–H and O–H groups in total. The normalized spacial score (nSPS) is 15.1. The number of hydrogen-bond donors (Lipinski definition) is 6. The van der Waals surface area contributed by atoms with E-state index >= 15 is 0 Å². The molecule has 7 rings (SSSR count). The fraction of sp³-hybridized carbons (Fsp3) is 0.424. The van der Waals surface area contributed by atoms with Gasteiger partial charge in [0.2, 0.25) is 0 Å². The van der Waals surface area contributed by atoms with E-state index in [1.54, 1.807) is 48.5 Å². The van der Waals surface area contributed by atoms with Crippen molar-refractivity contribution in [3.8, 4) is 34.5 Å². The summed E-state index contributed by atoms with van der Waals surface area (Å²) in [6, 6.07) is 27.1. The Morgan fingerprint density at radius 1 is 0.397 bits per heavy atom. The summed E-state index contributed by atoms with van der Waals surface area (Å²) in [7, 11) is 2.68. The minimum absolute atomic E-state index is 0.0176. The van der Waals surface area contributed by atoms with Crippen molar-refractivity contribution >= 4 is 11.9 Å². The molecule has 12 heteroatoms. The highest BCUT2D eigenvalue weighted by Crippen LogP contribution is 2.42. The SMILES string of the molecule is COC(=O)[C@@H](Cc1ccc(O)cc1)N1Cc2cc(C(C)(C)C)cc(c2O)Cc2cc(C(C)(C)C)cc(c2O)CN([C@H](Cc2ccc(O)cc2)C(=O)OC)Cc2cc(C(C)(C)C)cc(c2O)Cc2cc(C(C)(C)C)cc(c2O)C1. The predicted molar refractivity (Wildman–Crippen MR) is 307 cm³/mol. The quantitative estimate of drug-likeness (QED) is 0.0796. The zero-order valence-electron chi connectivity index (χ0n) is 48.3. The number of esters is 2. The van der Waals surface area contributed by atoms with Gasteiger partial charge >= 0.3 is 11.9 Å². The van der Waals surface area contributed by atoms with E-state index in [1.165, 1.54) is 14.2 Å². The minimum atomic E-state index is -0.948. The maximum Gasteiger partial charge on any atom is 0.323 e. The number of methoxy groups -OCH3 is 2. The molecule has 78 heavy (non-hydrogen) atoms. The highest BCUT2D eigenvalue weighted by molar-refractivity contribution is 5.77. The molecule has 0 aliphatic carbocycles. The van der Waals surface area contributed by atoms with E-state index in [1.807, 2.05) is 58.3 Å².